The molecule has 0 radical (unpaired) electrons. The molecular formula is C21H16FN3. The van der Waals surface area contributed by atoms with Crippen LogP contribution in [0, 0.1) is 5.82 Å². The van der Waals surface area contributed by atoms with Gasteiger partial charge in [0.05, 0.1) is 22.8 Å². The van der Waals surface area contributed by atoms with Crippen LogP contribution in [0.25, 0.3) is 10.9 Å². The van der Waals surface area contributed by atoms with E-state index in [1.807, 2.05) is 66.7 Å². The Labute approximate surface area is 145 Å². The van der Waals surface area contributed by atoms with Crippen molar-refractivity contribution in [1.29, 1.82) is 0 Å². The number of aliphatic imine (C=N–C) groups is 1. The molecule has 25 heavy (non-hydrogen) atoms. The predicted molar refractivity (Wildman–Crippen MR) is 98.9 cm³/mol. The number of nitrogens with zero attached hydrogens (tertiary/aromatic N) is 3. The number of fused-ring (bicyclic) bond motifs is 1. The maximum atomic E-state index is 14.9. The van der Waals surface area contributed by atoms with Gasteiger partial charge in [-0.25, -0.2) is 9.38 Å². The monoisotopic (exact) mass is 329 g/mol. The summed E-state index contributed by atoms with van der Waals surface area (Å²) in [4.78, 5) is 4.66. The first kappa shape index (κ1) is 15.3. The molecule has 0 saturated heterocycles. The zero-order valence-corrected chi connectivity index (χ0v) is 13.7. The molecule has 0 spiro atoms. The molecule has 0 atom stereocenters. The van der Waals surface area contributed by atoms with Gasteiger partial charge in [-0.15, -0.1) is 0 Å². The van der Waals surface area contributed by atoms with Gasteiger partial charge in [-0.1, -0.05) is 60.7 Å². The van der Waals surface area contributed by atoms with Gasteiger partial charge in [0.1, 0.15) is 5.69 Å². The Kier molecular flexibility index (Phi) is 3.86. The maximum Gasteiger partial charge on any atom is 0.159 e. The van der Waals surface area contributed by atoms with Crippen molar-refractivity contribution in [3.8, 4) is 0 Å². The summed E-state index contributed by atoms with van der Waals surface area (Å²) in [6.07, 6.45) is 1.54. The van der Waals surface area contributed by atoms with Crippen molar-refractivity contribution >= 4 is 22.3 Å². The largest absolute Gasteiger partial charge is 0.268 e. The van der Waals surface area contributed by atoms with Crippen LogP contribution in [-0.4, -0.2) is 15.5 Å². The zero-order valence-electron chi connectivity index (χ0n) is 13.7. The summed E-state index contributed by atoms with van der Waals surface area (Å²) in [5.74, 6) is -0.352. The minimum absolute atomic E-state index is 0.309. The van der Waals surface area contributed by atoms with Crippen LogP contribution < -0.4 is 0 Å². The van der Waals surface area contributed by atoms with Crippen molar-refractivity contribution in [3.63, 3.8) is 0 Å². The summed E-state index contributed by atoms with van der Waals surface area (Å²) in [7, 11) is 1.80. The number of hydrogen-bond acceptors (Lipinski definition) is 2. The van der Waals surface area contributed by atoms with Gasteiger partial charge in [-0.05, 0) is 12.1 Å². The maximum absolute atomic E-state index is 14.9. The van der Waals surface area contributed by atoms with Crippen LogP contribution in [0.5, 0.6) is 0 Å². The van der Waals surface area contributed by atoms with E-state index in [2.05, 4.69) is 10.1 Å². The summed E-state index contributed by atoms with van der Waals surface area (Å²) in [6, 6.07) is 23.2. The van der Waals surface area contributed by atoms with E-state index in [0.29, 0.717) is 11.1 Å². The zero-order chi connectivity index (χ0) is 17.2. The molecule has 0 N–H and O–H groups in total. The molecule has 3 aromatic carbocycles. The predicted octanol–water partition coefficient (Wildman–Crippen LogP) is 4.88. The SMILES string of the molecule is Cn1ncc2c(F)c(N=C(c3ccccc3)c3ccccc3)ccc21. The minimum Gasteiger partial charge on any atom is -0.268 e. The van der Waals surface area contributed by atoms with Crippen molar-refractivity contribution in [2.45, 2.75) is 0 Å². The third kappa shape index (κ3) is 2.83. The molecule has 0 fully saturated rings. The molecule has 0 amide bonds. The molecule has 122 valence electrons. The fourth-order valence-electron chi connectivity index (χ4n) is 2.88. The van der Waals surface area contributed by atoms with Crippen molar-refractivity contribution < 1.29 is 4.39 Å². The molecule has 3 nitrogen and oxygen atoms in total. The van der Waals surface area contributed by atoms with E-state index in [9.17, 15) is 4.39 Å². The molecule has 0 aliphatic carbocycles. The second-order valence-corrected chi connectivity index (χ2v) is 5.79. The average Bonchev–Trinajstić information content (AvgIpc) is 3.04. The Balaban J connectivity index is 1.92. The molecule has 0 aliphatic heterocycles. The first-order valence-electron chi connectivity index (χ1n) is 8.04. The third-order valence-electron chi connectivity index (χ3n) is 4.17. The van der Waals surface area contributed by atoms with Crippen molar-refractivity contribution in [2.75, 3.05) is 0 Å². The van der Waals surface area contributed by atoms with Gasteiger partial charge < -0.3 is 0 Å². The Morgan fingerprint density at radius 1 is 0.880 bits per heavy atom. The van der Waals surface area contributed by atoms with Gasteiger partial charge in [0.15, 0.2) is 5.82 Å². The highest BCUT2D eigenvalue weighted by molar-refractivity contribution is 6.14. The molecular weight excluding hydrogens is 313 g/mol. The van der Waals surface area contributed by atoms with Gasteiger partial charge in [0.25, 0.3) is 0 Å². The minimum atomic E-state index is -0.352. The fourth-order valence-corrected chi connectivity index (χ4v) is 2.88. The highest BCUT2D eigenvalue weighted by atomic mass is 19.1. The van der Waals surface area contributed by atoms with Crippen LogP contribution >= 0.6 is 0 Å². The first-order valence-corrected chi connectivity index (χ1v) is 8.04. The van der Waals surface area contributed by atoms with E-state index in [0.717, 1.165) is 22.4 Å². The summed E-state index contributed by atoms with van der Waals surface area (Å²) >= 11 is 0. The molecule has 0 saturated carbocycles. The molecule has 0 unspecified atom stereocenters. The van der Waals surface area contributed by atoms with E-state index in [1.165, 1.54) is 6.20 Å². The highest BCUT2D eigenvalue weighted by Gasteiger charge is 2.13. The van der Waals surface area contributed by atoms with Gasteiger partial charge in [0.2, 0.25) is 0 Å². The van der Waals surface area contributed by atoms with Crippen molar-refractivity contribution in [2.24, 2.45) is 12.0 Å². The lowest BCUT2D eigenvalue weighted by atomic mass is 10.0. The Morgan fingerprint density at radius 2 is 1.48 bits per heavy atom. The van der Waals surface area contributed by atoms with Crippen molar-refractivity contribution in [3.05, 3.63) is 95.9 Å². The van der Waals surface area contributed by atoms with E-state index < -0.39 is 0 Å². The van der Waals surface area contributed by atoms with Gasteiger partial charge in [-0.2, -0.15) is 5.10 Å². The van der Waals surface area contributed by atoms with E-state index >= 15 is 0 Å². The van der Waals surface area contributed by atoms with Gasteiger partial charge in [-0.3, -0.25) is 4.68 Å². The number of hydrogen-bond donors (Lipinski definition) is 0. The average molecular weight is 329 g/mol. The number of aromatic nitrogens is 2. The third-order valence-corrected chi connectivity index (χ3v) is 4.17. The molecule has 0 bridgehead atoms. The molecule has 4 heteroatoms. The Hall–Kier alpha value is -3.27. The highest BCUT2D eigenvalue weighted by Crippen LogP contribution is 2.28. The van der Waals surface area contributed by atoms with E-state index in [4.69, 9.17) is 0 Å². The molecule has 1 heterocycles. The quantitative estimate of drug-likeness (QED) is 0.493. The fraction of sp³-hybridized carbons (Fsp3) is 0.0476. The number of aryl methyl sites for hydroxylation is 1. The Morgan fingerprint density at radius 3 is 2.08 bits per heavy atom. The second-order valence-electron chi connectivity index (χ2n) is 5.79. The van der Waals surface area contributed by atoms with Crippen LogP contribution in [0.4, 0.5) is 10.1 Å². The van der Waals surface area contributed by atoms with Crippen LogP contribution in [0.3, 0.4) is 0 Å². The van der Waals surface area contributed by atoms with E-state index in [1.54, 1.807) is 17.8 Å². The van der Waals surface area contributed by atoms with Gasteiger partial charge >= 0.3 is 0 Å². The summed E-state index contributed by atoms with van der Waals surface area (Å²) < 4.78 is 16.6. The van der Waals surface area contributed by atoms with Gasteiger partial charge in [0, 0.05) is 18.2 Å². The molecule has 1 aromatic heterocycles. The number of halogens is 1. The summed E-state index contributed by atoms with van der Waals surface area (Å²) in [5, 5.41) is 4.60. The van der Waals surface area contributed by atoms with Crippen LogP contribution in [0.1, 0.15) is 11.1 Å². The summed E-state index contributed by atoms with van der Waals surface area (Å²) in [6.45, 7) is 0. The molecule has 4 aromatic rings. The summed E-state index contributed by atoms with van der Waals surface area (Å²) in [5.41, 5.74) is 3.68. The topological polar surface area (TPSA) is 30.2 Å². The first-order chi connectivity index (χ1) is 12.2. The molecule has 4 rings (SSSR count). The smallest absolute Gasteiger partial charge is 0.159 e. The standard InChI is InChI=1S/C21H16FN3/c1-25-19-13-12-18(20(22)17(19)14-23-25)24-21(15-8-4-2-5-9-15)16-10-6-3-7-11-16/h2-14H,1H3. The number of rotatable bonds is 3. The van der Waals surface area contributed by atoms with Crippen LogP contribution in [0.15, 0.2) is 84.0 Å². The van der Waals surface area contributed by atoms with Crippen molar-refractivity contribution in [1.82, 2.24) is 9.78 Å². The number of benzene rings is 3. The molecule has 0 aliphatic rings. The lowest BCUT2D eigenvalue weighted by molar-refractivity contribution is 0.642. The second kappa shape index (κ2) is 6.32. The lowest BCUT2D eigenvalue weighted by Gasteiger charge is -2.08. The van der Waals surface area contributed by atoms with E-state index in [-0.39, 0.29) is 5.82 Å². The van der Waals surface area contributed by atoms with Crippen LogP contribution in [0.2, 0.25) is 0 Å². The van der Waals surface area contributed by atoms with Crippen LogP contribution in [-0.2, 0) is 7.05 Å². The lowest BCUT2D eigenvalue weighted by Crippen LogP contribution is -2.03. The Bertz CT molecular complexity index is 1010. The normalized spacial score (nSPS) is 10.8.